The Morgan fingerprint density at radius 2 is 1.86 bits per heavy atom. The number of sulfonamides is 1. The first kappa shape index (κ1) is 14.9. The minimum atomic E-state index is -4.04. The summed E-state index contributed by atoms with van der Waals surface area (Å²) in [6.45, 7) is 1.75. The fourth-order valence-corrected chi connectivity index (χ4v) is 3.19. The number of nitrogen functional groups attached to an aromatic ring is 1. The standard InChI is InChI=1S/C14H14N2O4S/c1-9-4-2-3-5-12(9)16-21(19,20)13-8-10(15)6-7-11(13)14(17)18/h2-8,16H,15H2,1H3,(H,17,18). The minimum absolute atomic E-state index is 0.171. The number of carboxylic acids is 1. The molecule has 110 valence electrons. The van der Waals surface area contributed by atoms with Crippen LogP contribution in [0.5, 0.6) is 0 Å². The van der Waals surface area contributed by atoms with E-state index in [2.05, 4.69) is 4.72 Å². The molecule has 0 atom stereocenters. The maximum Gasteiger partial charge on any atom is 0.337 e. The van der Waals surface area contributed by atoms with Crippen LogP contribution in [0.3, 0.4) is 0 Å². The van der Waals surface area contributed by atoms with Crippen molar-refractivity contribution in [1.29, 1.82) is 0 Å². The zero-order chi connectivity index (χ0) is 15.6. The molecule has 0 aliphatic rings. The Morgan fingerprint density at radius 1 is 1.19 bits per heavy atom. The second-order valence-electron chi connectivity index (χ2n) is 4.48. The number of nitrogens with one attached hydrogen (secondary N) is 1. The van der Waals surface area contributed by atoms with Gasteiger partial charge in [0.05, 0.1) is 11.3 Å². The Balaban J connectivity index is 2.52. The summed E-state index contributed by atoms with van der Waals surface area (Å²) in [5.74, 6) is -1.33. The van der Waals surface area contributed by atoms with Crippen molar-refractivity contribution in [2.45, 2.75) is 11.8 Å². The first-order valence-electron chi connectivity index (χ1n) is 6.02. The number of aryl methyl sites for hydroxylation is 1. The lowest BCUT2D eigenvalue weighted by atomic mass is 10.2. The van der Waals surface area contributed by atoms with Gasteiger partial charge in [-0.2, -0.15) is 0 Å². The van der Waals surface area contributed by atoms with E-state index in [1.807, 2.05) is 0 Å². The highest BCUT2D eigenvalue weighted by molar-refractivity contribution is 7.92. The molecule has 2 aromatic carbocycles. The van der Waals surface area contributed by atoms with Crippen LogP contribution in [0.15, 0.2) is 47.4 Å². The number of aromatic carboxylic acids is 1. The van der Waals surface area contributed by atoms with E-state index in [4.69, 9.17) is 10.8 Å². The van der Waals surface area contributed by atoms with E-state index in [0.29, 0.717) is 5.69 Å². The molecule has 0 aliphatic carbocycles. The minimum Gasteiger partial charge on any atom is -0.478 e. The van der Waals surface area contributed by atoms with Crippen LogP contribution in [0.4, 0.5) is 11.4 Å². The van der Waals surface area contributed by atoms with Crippen molar-refractivity contribution in [2.24, 2.45) is 0 Å². The molecule has 7 heteroatoms. The van der Waals surface area contributed by atoms with Crippen LogP contribution in [-0.2, 0) is 10.0 Å². The third-order valence-electron chi connectivity index (χ3n) is 2.91. The van der Waals surface area contributed by atoms with Gasteiger partial charge in [0.15, 0.2) is 0 Å². The lowest BCUT2D eigenvalue weighted by molar-refractivity contribution is 0.0692. The molecular formula is C14H14N2O4S. The van der Waals surface area contributed by atoms with Crippen molar-refractivity contribution in [3.8, 4) is 0 Å². The summed E-state index contributed by atoms with van der Waals surface area (Å²) >= 11 is 0. The maximum atomic E-state index is 12.4. The number of hydrogen-bond donors (Lipinski definition) is 3. The smallest absolute Gasteiger partial charge is 0.337 e. The summed E-state index contributed by atoms with van der Waals surface area (Å²) in [7, 11) is -4.04. The average Bonchev–Trinajstić information content (AvgIpc) is 2.41. The molecule has 2 aromatic rings. The second kappa shape index (κ2) is 5.45. The van der Waals surface area contributed by atoms with Gasteiger partial charge in [0.2, 0.25) is 0 Å². The molecule has 0 heterocycles. The van der Waals surface area contributed by atoms with Crippen LogP contribution in [0.25, 0.3) is 0 Å². The van der Waals surface area contributed by atoms with Crippen LogP contribution < -0.4 is 10.5 Å². The highest BCUT2D eigenvalue weighted by Crippen LogP contribution is 2.23. The monoisotopic (exact) mass is 306 g/mol. The molecule has 21 heavy (non-hydrogen) atoms. The molecule has 0 amide bonds. The molecule has 0 aliphatic heterocycles. The Kier molecular flexibility index (Phi) is 3.86. The van der Waals surface area contributed by atoms with Gasteiger partial charge in [0.1, 0.15) is 4.90 Å². The van der Waals surface area contributed by atoms with Crippen LogP contribution in [0.2, 0.25) is 0 Å². The van der Waals surface area contributed by atoms with E-state index < -0.39 is 16.0 Å². The summed E-state index contributed by atoms with van der Waals surface area (Å²) in [5.41, 5.74) is 6.51. The van der Waals surface area contributed by atoms with Crippen molar-refractivity contribution in [1.82, 2.24) is 0 Å². The van der Waals surface area contributed by atoms with E-state index in [1.54, 1.807) is 31.2 Å². The molecule has 0 saturated heterocycles. The zero-order valence-corrected chi connectivity index (χ0v) is 12.0. The largest absolute Gasteiger partial charge is 0.478 e. The molecule has 0 bridgehead atoms. The number of para-hydroxylation sites is 1. The van der Waals surface area contributed by atoms with Crippen molar-refractivity contribution in [3.63, 3.8) is 0 Å². The molecule has 0 unspecified atom stereocenters. The van der Waals surface area contributed by atoms with Gasteiger partial charge in [-0.1, -0.05) is 18.2 Å². The van der Waals surface area contributed by atoms with Crippen molar-refractivity contribution in [3.05, 3.63) is 53.6 Å². The van der Waals surface area contributed by atoms with E-state index in [0.717, 1.165) is 11.6 Å². The maximum absolute atomic E-state index is 12.4. The van der Waals surface area contributed by atoms with E-state index >= 15 is 0 Å². The molecule has 2 rings (SSSR count). The van der Waals surface area contributed by atoms with Gasteiger partial charge in [-0.3, -0.25) is 4.72 Å². The fraction of sp³-hybridized carbons (Fsp3) is 0.0714. The van der Waals surface area contributed by atoms with Crippen LogP contribution in [0.1, 0.15) is 15.9 Å². The molecule has 4 N–H and O–H groups in total. The van der Waals surface area contributed by atoms with Gasteiger partial charge in [-0.05, 0) is 36.8 Å². The third kappa shape index (κ3) is 3.14. The quantitative estimate of drug-likeness (QED) is 0.749. The SMILES string of the molecule is Cc1ccccc1NS(=O)(=O)c1cc(N)ccc1C(=O)O. The Labute approximate surface area is 122 Å². The van der Waals surface area contributed by atoms with Gasteiger partial charge in [-0.15, -0.1) is 0 Å². The Hall–Kier alpha value is -2.54. The van der Waals surface area contributed by atoms with E-state index in [-0.39, 0.29) is 16.1 Å². The number of hydrogen-bond acceptors (Lipinski definition) is 4. The Morgan fingerprint density at radius 3 is 2.48 bits per heavy atom. The normalized spacial score (nSPS) is 11.1. The van der Waals surface area contributed by atoms with Crippen molar-refractivity contribution in [2.75, 3.05) is 10.5 Å². The average molecular weight is 306 g/mol. The summed E-state index contributed by atoms with van der Waals surface area (Å²) in [6.07, 6.45) is 0. The zero-order valence-electron chi connectivity index (χ0n) is 11.2. The third-order valence-corrected chi connectivity index (χ3v) is 4.32. The van der Waals surface area contributed by atoms with Gasteiger partial charge in [-0.25, -0.2) is 13.2 Å². The van der Waals surface area contributed by atoms with Gasteiger partial charge >= 0.3 is 5.97 Å². The number of benzene rings is 2. The molecule has 0 saturated carbocycles. The molecule has 0 spiro atoms. The van der Waals surface area contributed by atoms with E-state index in [1.165, 1.54) is 12.1 Å². The van der Waals surface area contributed by atoms with Gasteiger partial charge in [0.25, 0.3) is 10.0 Å². The van der Waals surface area contributed by atoms with Crippen molar-refractivity contribution < 1.29 is 18.3 Å². The fourth-order valence-electron chi connectivity index (χ4n) is 1.83. The summed E-state index contributed by atoms with van der Waals surface area (Å²) in [4.78, 5) is 10.8. The lowest BCUT2D eigenvalue weighted by Gasteiger charge is -2.12. The van der Waals surface area contributed by atoms with Gasteiger partial charge in [0, 0.05) is 5.69 Å². The molecular weight excluding hydrogens is 292 g/mol. The molecule has 0 fully saturated rings. The first-order valence-corrected chi connectivity index (χ1v) is 7.51. The van der Waals surface area contributed by atoms with Crippen LogP contribution in [0, 0.1) is 6.92 Å². The second-order valence-corrected chi connectivity index (χ2v) is 6.13. The molecule has 6 nitrogen and oxygen atoms in total. The Bertz CT molecular complexity index is 800. The molecule has 0 radical (unpaired) electrons. The highest BCUT2D eigenvalue weighted by Gasteiger charge is 2.23. The predicted molar refractivity (Wildman–Crippen MR) is 79.8 cm³/mol. The van der Waals surface area contributed by atoms with Crippen molar-refractivity contribution >= 4 is 27.4 Å². The number of rotatable bonds is 4. The number of nitrogens with two attached hydrogens (primary N) is 1. The molecule has 0 aromatic heterocycles. The number of anilines is 2. The lowest BCUT2D eigenvalue weighted by Crippen LogP contribution is -2.17. The highest BCUT2D eigenvalue weighted by atomic mass is 32.2. The number of carboxylic acid groups (broad SMARTS) is 1. The summed E-state index contributed by atoms with van der Waals surface area (Å²) < 4.78 is 27.2. The van der Waals surface area contributed by atoms with Gasteiger partial charge < -0.3 is 10.8 Å². The summed E-state index contributed by atoms with van der Waals surface area (Å²) in [6, 6.07) is 10.4. The topological polar surface area (TPSA) is 109 Å². The van der Waals surface area contributed by atoms with E-state index in [9.17, 15) is 13.2 Å². The first-order chi connectivity index (χ1) is 9.81. The predicted octanol–water partition coefficient (Wildman–Crippen LogP) is 2.08. The number of carbonyl (C=O) groups is 1. The summed E-state index contributed by atoms with van der Waals surface area (Å²) in [5, 5.41) is 9.11. The van der Waals surface area contributed by atoms with Crippen LogP contribution >= 0.6 is 0 Å². The van der Waals surface area contributed by atoms with Crippen LogP contribution in [-0.4, -0.2) is 19.5 Å².